The molecule has 1 atom stereocenters. The van der Waals surface area contributed by atoms with Crippen LogP contribution in [-0.2, 0) is 0 Å². The van der Waals surface area contributed by atoms with Crippen LogP contribution in [0.5, 0.6) is 5.75 Å². The van der Waals surface area contributed by atoms with E-state index in [0.717, 1.165) is 12.3 Å². The summed E-state index contributed by atoms with van der Waals surface area (Å²) in [4.78, 5) is 2.56. The maximum Gasteiger partial charge on any atom is 0.124 e. The minimum atomic E-state index is 0.326. The van der Waals surface area contributed by atoms with E-state index in [9.17, 15) is 0 Å². The number of para-hydroxylation sites is 1. The van der Waals surface area contributed by atoms with Crippen LogP contribution < -0.4 is 10.1 Å². The molecule has 1 aromatic rings. The number of likely N-dealkylation sites (N-methyl/N-ethyl adjacent to an activating group) is 1. The average Bonchev–Trinajstić information content (AvgIpc) is 2.77. The van der Waals surface area contributed by atoms with Gasteiger partial charge in [-0.3, -0.25) is 0 Å². The predicted octanol–water partition coefficient (Wildman–Crippen LogP) is 3.08. The van der Waals surface area contributed by atoms with Gasteiger partial charge in [-0.2, -0.15) is 0 Å². The minimum absolute atomic E-state index is 0.326. The Bertz CT molecular complexity index is 431. The fraction of sp³-hybridized carbons (Fsp3) is 0.647. The monoisotopic (exact) mass is 276 g/mol. The highest BCUT2D eigenvalue weighted by Gasteiger charge is 2.30. The Morgan fingerprint density at radius 3 is 2.70 bits per heavy atom. The molecule has 0 radical (unpaired) electrons. The van der Waals surface area contributed by atoms with Crippen LogP contribution in [0.3, 0.4) is 0 Å². The summed E-state index contributed by atoms with van der Waals surface area (Å²) in [5, 5.41) is 3.45. The number of benzene rings is 1. The highest BCUT2D eigenvalue weighted by molar-refractivity contribution is 5.36. The van der Waals surface area contributed by atoms with Crippen LogP contribution in [0.25, 0.3) is 0 Å². The summed E-state index contributed by atoms with van der Waals surface area (Å²) in [6.45, 7) is 10.9. The molecule has 1 aliphatic heterocycles. The predicted molar refractivity (Wildman–Crippen MR) is 84.2 cm³/mol. The van der Waals surface area contributed by atoms with Gasteiger partial charge in [-0.15, -0.1) is 0 Å². The van der Waals surface area contributed by atoms with Crippen molar-refractivity contribution in [3.63, 3.8) is 0 Å². The van der Waals surface area contributed by atoms with Crippen LogP contribution in [-0.4, -0.2) is 38.2 Å². The fourth-order valence-electron chi connectivity index (χ4n) is 3.04. The molecule has 0 aromatic heterocycles. The van der Waals surface area contributed by atoms with Crippen LogP contribution in [0.4, 0.5) is 0 Å². The third-order valence-corrected chi connectivity index (χ3v) is 4.14. The van der Waals surface area contributed by atoms with Crippen molar-refractivity contribution in [2.24, 2.45) is 5.41 Å². The van der Waals surface area contributed by atoms with Crippen molar-refractivity contribution in [3.8, 4) is 5.75 Å². The van der Waals surface area contributed by atoms with Crippen LogP contribution >= 0.6 is 0 Å². The van der Waals surface area contributed by atoms with E-state index in [2.05, 4.69) is 42.3 Å². The molecule has 2 rings (SSSR count). The maximum absolute atomic E-state index is 5.77. The van der Waals surface area contributed by atoms with Crippen molar-refractivity contribution in [2.75, 3.05) is 33.3 Å². The van der Waals surface area contributed by atoms with Crippen LogP contribution in [0.15, 0.2) is 24.3 Å². The Morgan fingerprint density at radius 1 is 1.35 bits per heavy atom. The van der Waals surface area contributed by atoms with Crippen molar-refractivity contribution >= 4 is 0 Å². The highest BCUT2D eigenvalue weighted by atomic mass is 16.5. The Morgan fingerprint density at radius 2 is 2.10 bits per heavy atom. The van der Waals surface area contributed by atoms with E-state index in [1.165, 1.54) is 25.1 Å². The topological polar surface area (TPSA) is 24.5 Å². The molecule has 0 bridgehead atoms. The van der Waals surface area contributed by atoms with E-state index in [-0.39, 0.29) is 0 Å². The number of hydrogen-bond donors (Lipinski definition) is 1. The largest absolute Gasteiger partial charge is 0.494 e. The third-order valence-electron chi connectivity index (χ3n) is 4.14. The maximum atomic E-state index is 5.77. The minimum Gasteiger partial charge on any atom is -0.494 e. The van der Waals surface area contributed by atoms with Gasteiger partial charge >= 0.3 is 0 Å². The summed E-state index contributed by atoms with van der Waals surface area (Å²) < 4.78 is 5.77. The average molecular weight is 276 g/mol. The molecule has 0 saturated carbocycles. The summed E-state index contributed by atoms with van der Waals surface area (Å²) >= 11 is 0. The molecular weight excluding hydrogens is 248 g/mol. The molecule has 1 aliphatic rings. The van der Waals surface area contributed by atoms with Gasteiger partial charge < -0.3 is 15.0 Å². The zero-order chi connectivity index (χ0) is 14.6. The molecule has 0 spiro atoms. The lowest BCUT2D eigenvalue weighted by Crippen LogP contribution is -2.33. The quantitative estimate of drug-likeness (QED) is 0.864. The zero-order valence-corrected chi connectivity index (χ0v) is 13.3. The Balaban J connectivity index is 2.08. The number of rotatable bonds is 6. The summed E-state index contributed by atoms with van der Waals surface area (Å²) in [6.07, 6.45) is 1.29. The second-order valence-electron chi connectivity index (χ2n) is 6.46. The van der Waals surface area contributed by atoms with Crippen molar-refractivity contribution in [1.29, 1.82) is 0 Å². The van der Waals surface area contributed by atoms with E-state index in [1.54, 1.807) is 0 Å². The molecule has 20 heavy (non-hydrogen) atoms. The number of hydrogen-bond acceptors (Lipinski definition) is 3. The molecule has 1 heterocycles. The molecule has 1 fully saturated rings. The third kappa shape index (κ3) is 3.74. The van der Waals surface area contributed by atoms with E-state index < -0.39 is 0 Å². The van der Waals surface area contributed by atoms with Crippen molar-refractivity contribution in [3.05, 3.63) is 29.8 Å². The smallest absolute Gasteiger partial charge is 0.124 e. The Kier molecular flexibility index (Phi) is 5.06. The lowest BCUT2D eigenvalue weighted by atomic mass is 9.93. The summed E-state index contributed by atoms with van der Waals surface area (Å²) in [5.41, 5.74) is 1.72. The number of likely N-dealkylation sites (tertiary alicyclic amines) is 1. The molecule has 0 amide bonds. The number of ether oxygens (including phenoxy) is 1. The van der Waals surface area contributed by atoms with Gasteiger partial charge in [0.25, 0.3) is 0 Å². The molecule has 3 nitrogen and oxygen atoms in total. The van der Waals surface area contributed by atoms with E-state index >= 15 is 0 Å². The lowest BCUT2D eigenvalue weighted by molar-refractivity contribution is 0.260. The molecule has 1 unspecified atom stereocenters. The SMILES string of the molecule is CCOc1ccccc1C(CN1CCC(C)(C)C1)NC. The molecular formula is C17H28N2O. The van der Waals surface area contributed by atoms with Gasteiger partial charge in [-0.25, -0.2) is 0 Å². The molecule has 112 valence electrons. The first-order valence-electron chi connectivity index (χ1n) is 7.67. The summed E-state index contributed by atoms with van der Waals surface area (Å²) in [7, 11) is 2.04. The number of nitrogens with zero attached hydrogens (tertiary/aromatic N) is 1. The number of nitrogens with one attached hydrogen (secondary N) is 1. The van der Waals surface area contributed by atoms with Crippen molar-refractivity contribution in [2.45, 2.75) is 33.2 Å². The van der Waals surface area contributed by atoms with Gasteiger partial charge in [0.15, 0.2) is 0 Å². The first-order valence-corrected chi connectivity index (χ1v) is 7.67. The molecule has 1 saturated heterocycles. The lowest BCUT2D eigenvalue weighted by Gasteiger charge is -2.26. The highest BCUT2D eigenvalue weighted by Crippen LogP contribution is 2.31. The Hall–Kier alpha value is -1.06. The first kappa shape index (κ1) is 15.3. The van der Waals surface area contributed by atoms with Gasteiger partial charge in [0.1, 0.15) is 5.75 Å². The van der Waals surface area contributed by atoms with Crippen LogP contribution in [0.1, 0.15) is 38.8 Å². The van der Waals surface area contributed by atoms with Crippen molar-refractivity contribution in [1.82, 2.24) is 10.2 Å². The molecule has 1 N–H and O–H groups in total. The van der Waals surface area contributed by atoms with E-state index in [1.807, 2.05) is 20.0 Å². The van der Waals surface area contributed by atoms with Gasteiger partial charge in [0.2, 0.25) is 0 Å². The second-order valence-corrected chi connectivity index (χ2v) is 6.46. The fourth-order valence-corrected chi connectivity index (χ4v) is 3.04. The standard InChI is InChI=1S/C17H28N2O/c1-5-20-16-9-7-6-8-14(16)15(18-4)12-19-11-10-17(2,3)13-19/h6-9,15,18H,5,10-13H2,1-4H3. The zero-order valence-electron chi connectivity index (χ0n) is 13.3. The normalized spacial score (nSPS) is 20.0. The molecule has 3 heteroatoms. The van der Waals surface area contributed by atoms with Gasteiger partial charge in [0, 0.05) is 24.7 Å². The second kappa shape index (κ2) is 6.59. The van der Waals surface area contributed by atoms with Crippen molar-refractivity contribution < 1.29 is 4.74 Å². The van der Waals surface area contributed by atoms with Gasteiger partial charge in [0.05, 0.1) is 6.61 Å². The first-order chi connectivity index (χ1) is 9.55. The molecule has 1 aromatic carbocycles. The summed E-state index contributed by atoms with van der Waals surface area (Å²) in [6, 6.07) is 8.70. The molecule has 0 aliphatic carbocycles. The van der Waals surface area contributed by atoms with Crippen LogP contribution in [0, 0.1) is 5.41 Å². The van der Waals surface area contributed by atoms with Crippen LogP contribution in [0.2, 0.25) is 0 Å². The summed E-state index contributed by atoms with van der Waals surface area (Å²) in [5.74, 6) is 1.01. The Labute approximate surface area is 123 Å². The van der Waals surface area contributed by atoms with Gasteiger partial charge in [-0.1, -0.05) is 32.0 Å². The van der Waals surface area contributed by atoms with Gasteiger partial charge in [-0.05, 0) is 38.4 Å². The van der Waals surface area contributed by atoms with E-state index in [0.29, 0.717) is 18.1 Å². The van der Waals surface area contributed by atoms with E-state index in [4.69, 9.17) is 4.74 Å².